The first-order chi connectivity index (χ1) is 11.3. The molecule has 0 aromatic carbocycles. The fourth-order valence-electron chi connectivity index (χ4n) is 3.28. The van der Waals surface area contributed by atoms with E-state index in [9.17, 15) is 0 Å². The molecule has 5 nitrogen and oxygen atoms in total. The van der Waals surface area contributed by atoms with Crippen molar-refractivity contribution in [2.45, 2.75) is 38.6 Å². The lowest BCUT2D eigenvalue weighted by atomic mass is 9.87. The van der Waals surface area contributed by atoms with Gasteiger partial charge in [-0.3, -0.25) is 4.98 Å². The minimum atomic E-state index is 0.532. The molecule has 1 fully saturated rings. The molecule has 5 heteroatoms. The van der Waals surface area contributed by atoms with Crippen LogP contribution in [-0.4, -0.2) is 25.6 Å². The number of hydrogen-bond acceptors (Lipinski definition) is 4. The van der Waals surface area contributed by atoms with Crippen molar-refractivity contribution in [3.63, 3.8) is 0 Å². The molecule has 1 aliphatic carbocycles. The number of anilines is 1. The fraction of sp³-hybridized carbons (Fsp3) is 0.389. The van der Waals surface area contributed by atoms with Crippen LogP contribution >= 0.6 is 0 Å². The average Bonchev–Trinajstić information content (AvgIpc) is 3.01. The van der Waals surface area contributed by atoms with Crippen molar-refractivity contribution < 1.29 is 0 Å². The van der Waals surface area contributed by atoms with Crippen LogP contribution in [0.5, 0.6) is 0 Å². The van der Waals surface area contributed by atoms with Gasteiger partial charge in [-0.15, -0.1) is 5.10 Å². The predicted molar refractivity (Wildman–Crippen MR) is 91.3 cm³/mol. The number of rotatable bonds is 3. The lowest BCUT2D eigenvalue weighted by molar-refractivity contribution is 0.360. The van der Waals surface area contributed by atoms with Crippen LogP contribution in [0.4, 0.5) is 5.82 Å². The number of pyridine rings is 1. The summed E-state index contributed by atoms with van der Waals surface area (Å²) in [6, 6.07) is 8.54. The Morgan fingerprint density at radius 3 is 2.61 bits per heavy atom. The molecule has 0 spiro atoms. The molecule has 0 unspecified atom stereocenters. The van der Waals surface area contributed by atoms with E-state index in [0.717, 1.165) is 28.6 Å². The molecule has 118 valence electrons. The Bertz CT molecular complexity index is 788. The van der Waals surface area contributed by atoms with Gasteiger partial charge in [0.25, 0.3) is 0 Å². The molecular formula is C18H21N5. The van der Waals surface area contributed by atoms with Crippen LogP contribution in [-0.2, 0) is 0 Å². The molecule has 0 radical (unpaired) electrons. The molecule has 23 heavy (non-hydrogen) atoms. The largest absolute Gasteiger partial charge is 0.366 e. The van der Waals surface area contributed by atoms with Crippen LogP contribution < -0.4 is 5.32 Å². The van der Waals surface area contributed by atoms with Crippen molar-refractivity contribution in [1.29, 1.82) is 0 Å². The highest BCUT2D eigenvalue weighted by atomic mass is 15.3. The molecule has 1 N–H and O–H groups in total. The normalized spacial score (nSPS) is 21.4. The molecule has 0 saturated heterocycles. The first kappa shape index (κ1) is 14.2. The van der Waals surface area contributed by atoms with Crippen molar-refractivity contribution in [2.75, 3.05) is 5.32 Å². The fourth-order valence-corrected chi connectivity index (χ4v) is 3.28. The second-order valence-electron chi connectivity index (χ2n) is 6.47. The Morgan fingerprint density at radius 1 is 1.04 bits per heavy atom. The maximum Gasteiger partial charge on any atom is 0.154 e. The van der Waals surface area contributed by atoms with Crippen molar-refractivity contribution in [2.24, 2.45) is 5.92 Å². The molecule has 3 heterocycles. The van der Waals surface area contributed by atoms with Gasteiger partial charge in [0.2, 0.25) is 0 Å². The van der Waals surface area contributed by atoms with Crippen LogP contribution in [0.3, 0.4) is 0 Å². The van der Waals surface area contributed by atoms with E-state index < -0.39 is 0 Å². The van der Waals surface area contributed by atoms with E-state index in [4.69, 9.17) is 5.10 Å². The minimum Gasteiger partial charge on any atom is -0.366 e. The van der Waals surface area contributed by atoms with Gasteiger partial charge in [0.1, 0.15) is 5.82 Å². The van der Waals surface area contributed by atoms with Gasteiger partial charge in [-0.05, 0) is 55.9 Å². The van der Waals surface area contributed by atoms with Gasteiger partial charge in [-0.25, -0.2) is 9.50 Å². The van der Waals surface area contributed by atoms with Crippen molar-refractivity contribution >= 4 is 11.5 Å². The van der Waals surface area contributed by atoms with E-state index in [2.05, 4.69) is 22.2 Å². The van der Waals surface area contributed by atoms with Gasteiger partial charge in [0.05, 0.1) is 11.9 Å². The van der Waals surface area contributed by atoms with E-state index in [1.165, 1.54) is 25.7 Å². The summed E-state index contributed by atoms with van der Waals surface area (Å²) < 4.78 is 1.91. The highest BCUT2D eigenvalue weighted by Crippen LogP contribution is 2.26. The summed E-state index contributed by atoms with van der Waals surface area (Å²) in [4.78, 5) is 8.52. The molecule has 1 aliphatic rings. The summed E-state index contributed by atoms with van der Waals surface area (Å²) >= 11 is 0. The molecular weight excluding hydrogens is 286 g/mol. The van der Waals surface area contributed by atoms with Gasteiger partial charge < -0.3 is 5.32 Å². The summed E-state index contributed by atoms with van der Waals surface area (Å²) in [5.41, 5.74) is 2.92. The lowest BCUT2D eigenvalue weighted by Crippen LogP contribution is -2.25. The lowest BCUT2D eigenvalue weighted by Gasteiger charge is -2.27. The molecule has 0 atom stereocenters. The number of imidazole rings is 1. The van der Waals surface area contributed by atoms with Crippen LogP contribution in [0, 0.1) is 5.92 Å². The summed E-state index contributed by atoms with van der Waals surface area (Å²) in [5, 5.41) is 8.34. The number of nitrogens with zero attached hydrogens (tertiary/aromatic N) is 4. The van der Waals surface area contributed by atoms with Gasteiger partial charge in [0, 0.05) is 24.0 Å². The Hall–Kier alpha value is -2.43. The molecule has 4 rings (SSSR count). The van der Waals surface area contributed by atoms with Crippen molar-refractivity contribution in [1.82, 2.24) is 19.6 Å². The van der Waals surface area contributed by atoms with Crippen LogP contribution in [0.15, 0.2) is 42.9 Å². The van der Waals surface area contributed by atoms with E-state index in [1.54, 1.807) is 12.4 Å². The highest BCUT2D eigenvalue weighted by molar-refractivity contribution is 5.63. The second kappa shape index (κ2) is 5.99. The van der Waals surface area contributed by atoms with Crippen molar-refractivity contribution in [3.05, 3.63) is 42.9 Å². The SMILES string of the molecule is CC1CCC(Nc2ccc3ncc(-c4ccncc4)n3n2)CC1. The van der Waals surface area contributed by atoms with Gasteiger partial charge >= 0.3 is 0 Å². The maximum absolute atomic E-state index is 4.75. The standard InChI is InChI=1S/C18H21N5/c1-13-2-4-15(5-3-13)21-17-6-7-18-20-12-16(23(18)22-17)14-8-10-19-11-9-14/h6-13,15H,2-5H2,1H3,(H,21,22). The molecule has 1 saturated carbocycles. The van der Waals surface area contributed by atoms with Crippen LogP contribution in [0.2, 0.25) is 0 Å². The van der Waals surface area contributed by atoms with E-state index in [-0.39, 0.29) is 0 Å². The third-order valence-electron chi connectivity index (χ3n) is 4.71. The third-order valence-corrected chi connectivity index (χ3v) is 4.71. The monoisotopic (exact) mass is 307 g/mol. The third kappa shape index (κ3) is 2.91. The number of hydrogen-bond donors (Lipinski definition) is 1. The van der Waals surface area contributed by atoms with E-state index in [1.807, 2.05) is 35.0 Å². The Kier molecular flexibility index (Phi) is 3.69. The second-order valence-corrected chi connectivity index (χ2v) is 6.47. The first-order valence-electron chi connectivity index (χ1n) is 8.31. The van der Waals surface area contributed by atoms with E-state index >= 15 is 0 Å². The maximum atomic E-state index is 4.75. The topological polar surface area (TPSA) is 55.1 Å². The van der Waals surface area contributed by atoms with Gasteiger partial charge in [0.15, 0.2) is 5.65 Å². The van der Waals surface area contributed by atoms with E-state index in [0.29, 0.717) is 6.04 Å². The Morgan fingerprint density at radius 2 is 1.83 bits per heavy atom. The van der Waals surface area contributed by atoms with Gasteiger partial charge in [-0.1, -0.05) is 6.92 Å². The smallest absolute Gasteiger partial charge is 0.154 e. The molecule has 0 aliphatic heterocycles. The molecule has 3 aromatic rings. The van der Waals surface area contributed by atoms with Crippen LogP contribution in [0.25, 0.3) is 16.9 Å². The summed E-state index contributed by atoms with van der Waals surface area (Å²) in [7, 11) is 0. The number of nitrogens with one attached hydrogen (secondary N) is 1. The van der Waals surface area contributed by atoms with Gasteiger partial charge in [-0.2, -0.15) is 0 Å². The zero-order chi connectivity index (χ0) is 15.6. The zero-order valence-electron chi connectivity index (χ0n) is 13.3. The molecule has 3 aromatic heterocycles. The average molecular weight is 307 g/mol. The minimum absolute atomic E-state index is 0.532. The highest BCUT2D eigenvalue weighted by Gasteiger charge is 2.18. The zero-order valence-corrected chi connectivity index (χ0v) is 13.3. The van der Waals surface area contributed by atoms with Crippen molar-refractivity contribution in [3.8, 4) is 11.3 Å². The van der Waals surface area contributed by atoms with Crippen LogP contribution in [0.1, 0.15) is 32.6 Å². The summed E-state index contributed by atoms with van der Waals surface area (Å²) in [6.07, 6.45) is 10.5. The molecule has 0 bridgehead atoms. The summed E-state index contributed by atoms with van der Waals surface area (Å²) in [5.74, 6) is 1.78. The first-order valence-corrected chi connectivity index (χ1v) is 8.31. The summed E-state index contributed by atoms with van der Waals surface area (Å²) in [6.45, 7) is 2.34. The number of fused-ring (bicyclic) bond motifs is 1. The molecule has 0 amide bonds. The number of aromatic nitrogens is 4. The predicted octanol–water partition coefficient (Wildman–Crippen LogP) is 3.78. The Balaban J connectivity index is 1.62. The Labute approximate surface area is 135 Å². The quantitative estimate of drug-likeness (QED) is 0.800.